The van der Waals surface area contributed by atoms with Crippen molar-refractivity contribution in [2.45, 2.75) is 4.90 Å². The molecule has 0 saturated heterocycles. The van der Waals surface area contributed by atoms with E-state index in [1.54, 1.807) is 0 Å². The van der Waals surface area contributed by atoms with Crippen molar-refractivity contribution >= 4 is 36.4 Å². The van der Waals surface area contributed by atoms with Crippen LogP contribution in [0, 0.1) is 0 Å². The Kier molecular flexibility index (Phi) is 4.99. The molecule has 0 amide bonds. The largest absolute Gasteiger partial charge is 0.325 e. The van der Waals surface area contributed by atoms with Crippen molar-refractivity contribution in [3.8, 4) is 0 Å². The van der Waals surface area contributed by atoms with E-state index in [0.717, 1.165) is 5.75 Å². The standard InChI is InChI=1S/C9H8S.H3O3PS/c1-2-6-9-8(4-1)5-3-7-10-9;1-4(2,3)5/h1-6H,7H2;(H3,1,2,3,5). The fourth-order valence-corrected chi connectivity index (χ4v) is 1.91. The highest BCUT2D eigenvalue weighted by Crippen LogP contribution is 2.27. The molecule has 0 radical (unpaired) electrons. The van der Waals surface area contributed by atoms with E-state index >= 15 is 0 Å². The van der Waals surface area contributed by atoms with E-state index in [9.17, 15) is 0 Å². The van der Waals surface area contributed by atoms with E-state index in [0.29, 0.717) is 0 Å². The third-order valence-electron chi connectivity index (χ3n) is 1.55. The van der Waals surface area contributed by atoms with E-state index in [4.69, 9.17) is 14.7 Å². The molecule has 0 atom stereocenters. The summed E-state index contributed by atoms with van der Waals surface area (Å²) < 4.78 is 0. The van der Waals surface area contributed by atoms with Crippen LogP contribution < -0.4 is 0 Å². The molecule has 15 heavy (non-hydrogen) atoms. The van der Waals surface area contributed by atoms with Gasteiger partial charge in [0.05, 0.1) is 0 Å². The Labute approximate surface area is 97.7 Å². The smallest absolute Gasteiger partial charge is 0.319 e. The van der Waals surface area contributed by atoms with Crippen LogP contribution in [0.3, 0.4) is 0 Å². The van der Waals surface area contributed by atoms with Crippen molar-refractivity contribution in [1.82, 2.24) is 0 Å². The lowest BCUT2D eigenvalue weighted by Crippen LogP contribution is -1.84. The van der Waals surface area contributed by atoms with Gasteiger partial charge in [0.2, 0.25) is 0 Å². The lowest BCUT2D eigenvalue weighted by atomic mass is 10.2. The molecule has 1 aromatic carbocycles. The molecule has 0 aromatic heterocycles. The SMILES string of the molecule is C1=Cc2ccccc2SC1.OP(O)(O)=S. The molecule has 3 nitrogen and oxygen atoms in total. The van der Waals surface area contributed by atoms with Gasteiger partial charge >= 0.3 is 6.72 Å². The fraction of sp³-hybridized carbons (Fsp3) is 0.111. The lowest BCUT2D eigenvalue weighted by Gasteiger charge is -2.07. The summed E-state index contributed by atoms with van der Waals surface area (Å²) in [6.45, 7) is -3.81. The minimum Gasteiger partial charge on any atom is -0.325 e. The molecule has 2 rings (SSSR count). The van der Waals surface area contributed by atoms with Crippen LogP contribution in [0.1, 0.15) is 5.56 Å². The molecule has 0 aliphatic carbocycles. The first-order valence-corrected chi connectivity index (χ1v) is 7.78. The van der Waals surface area contributed by atoms with E-state index in [1.807, 2.05) is 11.8 Å². The molecule has 6 heteroatoms. The zero-order valence-electron chi connectivity index (χ0n) is 7.78. The Bertz CT molecular complexity index is 392. The van der Waals surface area contributed by atoms with Crippen LogP contribution in [-0.2, 0) is 11.8 Å². The molecule has 1 heterocycles. The molecule has 0 unspecified atom stereocenters. The van der Waals surface area contributed by atoms with Crippen LogP contribution in [0.25, 0.3) is 6.08 Å². The van der Waals surface area contributed by atoms with Crippen LogP contribution >= 0.6 is 18.5 Å². The summed E-state index contributed by atoms with van der Waals surface area (Å²) in [6.07, 6.45) is 4.39. The van der Waals surface area contributed by atoms with Crippen molar-refractivity contribution in [3.63, 3.8) is 0 Å². The third-order valence-corrected chi connectivity index (χ3v) is 2.59. The highest BCUT2D eigenvalue weighted by Gasteiger charge is 2.00. The maximum Gasteiger partial charge on any atom is 0.319 e. The fourth-order valence-electron chi connectivity index (χ4n) is 1.06. The summed E-state index contributed by atoms with van der Waals surface area (Å²) in [4.78, 5) is 24.1. The lowest BCUT2D eigenvalue weighted by molar-refractivity contribution is 0.363. The molecular formula is C9H11O3PS2. The van der Waals surface area contributed by atoms with Gasteiger partial charge in [-0.05, 0) is 23.4 Å². The highest BCUT2D eigenvalue weighted by molar-refractivity contribution is 8.06. The molecular weight excluding hydrogens is 251 g/mol. The number of rotatable bonds is 0. The van der Waals surface area contributed by atoms with Gasteiger partial charge < -0.3 is 14.7 Å². The van der Waals surface area contributed by atoms with Gasteiger partial charge in [-0.2, -0.15) is 0 Å². The average Bonchev–Trinajstić information content (AvgIpc) is 2.16. The predicted molar refractivity (Wildman–Crippen MR) is 67.1 cm³/mol. The van der Waals surface area contributed by atoms with Gasteiger partial charge in [-0.15, -0.1) is 11.8 Å². The third kappa shape index (κ3) is 6.10. The van der Waals surface area contributed by atoms with Gasteiger partial charge in [0.25, 0.3) is 0 Å². The first kappa shape index (κ1) is 12.9. The summed E-state index contributed by atoms with van der Waals surface area (Å²) in [5.74, 6) is 1.12. The first-order chi connectivity index (χ1) is 6.97. The van der Waals surface area contributed by atoms with Crippen molar-refractivity contribution < 1.29 is 14.7 Å². The molecule has 1 aliphatic rings. The number of hydrogen-bond donors (Lipinski definition) is 3. The van der Waals surface area contributed by atoms with Gasteiger partial charge in [0.1, 0.15) is 0 Å². The predicted octanol–water partition coefficient (Wildman–Crippen LogP) is 1.99. The monoisotopic (exact) mass is 262 g/mol. The van der Waals surface area contributed by atoms with Crippen molar-refractivity contribution in [2.24, 2.45) is 0 Å². The molecule has 1 aliphatic heterocycles. The maximum atomic E-state index is 7.56. The number of fused-ring (bicyclic) bond motifs is 1. The number of thioether (sulfide) groups is 1. The van der Waals surface area contributed by atoms with Gasteiger partial charge in [-0.25, -0.2) is 0 Å². The minimum absolute atomic E-state index is 1.12. The van der Waals surface area contributed by atoms with E-state index in [2.05, 4.69) is 48.2 Å². The summed E-state index contributed by atoms with van der Waals surface area (Å²) in [7, 11) is 0. The molecule has 0 fully saturated rings. The minimum atomic E-state index is -3.81. The topological polar surface area (TPSA) is 60.7 Å². The van der Waals surface area contributed by atoms with E-state index < -0.39 is 6.72 Å². The Morgan fingerprint density at radius 3 is 2.40 bits per heavy atom. The van der Waals surface area contributed by atoms with Gasteiger partial charge in [-0.3, -0.25) is 0 Å². The van der Waals surface area contributed by atoms with Crippen LogP contribution in [-0.4, -0.2) is 20.4 Å². The summed E-state index contributed by atoms with van der Waals surface area (Å²) in [5, 5.41) is 0. The normalized spacial score (nSPS) is 13.8. The summed E-state index contributed by atoms with van der Waals surface area (Å²) in [6, 6.07) is 8.49. The second-order valence-electron chi connectivity index (χ2n) is 2.76. The van der Waals surface area contributed by atoms with Gasteiger partial charge in [0, 0.05) is 10.6 Å². The van der Waals surface area contributed by atoms with Crippen LogP contribution in [0.5, 0.6) is 0 Å². The van der Waals surface area contributed by atoms with Crippen LogP contribution in [0.4, 0.5) is 0 Å². The number of hydrogen-bond acceptors (Lipinski definition) is 2. The van der Waals surface area contributed by atoms with Crippen molar-refractivity contribution in [1.29, 1.82) is 0 Å². The zero-order valence-corrected chi connectivity index (χ0v) is 10.3. The summed E-state index contributed by atoms with van der Waals surface area (Å²) >= 11 is 5.51. The second kappa shape index (κ2) is 5.80. The molecule has 0 spiro atoms. The van der Waals surface area contributed by atoms with Gasteiger partial charge in [0.15, 0.2) is 0 Å². The highest BCUT2D eigenvalue weighted by atomic mass is 32.5. The first-order valence-electron chi connectivity index (χ1n) is 4.13. The molecule has 0 saturated carbocycles. The summed E-state index contributed by atoms with van der Waals surface area (Å²) in [5.41, 5.74) is 1.36. The van der Waals surface area contributed by atoms with Crippen molar-refractivity contribution in [3.05, 3.63) is 35.9 Å². The quantitative estimate of drug-likeness (QED) is 0.624. The zero-order chi connectivity index (χ0) is 11.3. The molecule has 0 bridgehead atoms. The number of benzene rings is 1. The molecule has 1 aromatic rings. The van der Waals surface area contributed by atoms with E-state index in [1.165, 1.54) is 10.5 Å². The van der Waals surface area contributed by atoms with Crippen LogP contribution in [0.15, 0.2) is 35.2 Å². The Hall–Kier alpha value is -0.160. The second-order valence-corrected chi connectivity index (χ2v) is 6.32. The average molecular weight is 262 g/mol. The molecule has 3 N–H and O–H groups in total. The Morgan fingerprint density at radius 1 is 1.20 bits per heavy atom. The van der Waals surface area contributed by atoms with Crippen LogP contribution in [0.2, 0.25) is 0 Å². The Morgan fingerprint density at radius 2 is 1.80 bits per heavy atom. The van der Waals surface area contributed by atoms with E-state index in [-0.39, 0.29) is 0 Å². The van der Waals surface area contributed by atoms with Gasteiger partial charge in [-0.1, -0.05) is 30.4 Å². The molecule has 82 valence electrons. The van der Waals surface area contributed by atoms with Crippen molar-refractivity contribution in [2.75, 3.05) is 5.75 Å². The maximum absolute atomic E-state index is 7.56. The Balaban J connectivity index is 0.000000195.